The van der Waals surface area contributed by atoms with Crippen LogP contribution in [0, 0.1) is 17.3 Å². The molecule has 0 aromatic heterocycles. The lowest BCUT2D eigenvalue weighted by Crippen LogP contribution is -2.47. The van der Waals surface area contributed by atoms with Gasteiger partial charge in [0.2, 0.25) is 0 Å². The van der Waals surface area contributed by atoms with Crippen molar-refractivity contribution in [2.24, 2.45) is 17.3 Å². The lowest BCUT2D eigenvalue weighted by molar-refractivity contribution is -0.00777. The van der Waals surface area contributed by atoms with Crippen LogP contribution in [0.5, 0.6) is 0 Å². The van der Waals surface area contributed by atoms with Crippen molar-refractivity contribution in [3.05, 3.63) is 11.6 Å². The fourth-order valence-electron chi connectivity index (χ4n) is 2.87. The van der Waals surface area contributed by atoms with E-state index >= 15 is 0 Å². The zero-order valence-electron chi connectivity index (χ0n) is 7.85. The highest BCUT2D eigenvalue weighted by Gasteiger charge is 2.50. The molecule has 0 spiro atoms. The molecule has 1 fully saturated rings. The third kappa shape index (κ3) is 0.816. The zero-order chi connectivity index (χ0) is 8.06. The van der Waals surface area contributed by atoms with Crippen LogP contribution in [0.25, 0.3) is 0 Å². The average Bonchev–Trinajstić information content (AvgIpc) is 2.04. The van der Waals surface area contributed by atoms with Crippen LogP contribution < -0.4 is 0 Å². The van der Waals surface area contributed by atoms with E-state index in [0.717, 1.165) is 11.8 Å². The second-order valence-electron chi connectivity index (χ2n) is 4.67. The maximum atomic E-state index is 2.49. The molecule has 2 atom stereocenters. The van der Waals surface area contributed by atoms with Crippen LogP contribution in [0.4, 0.5) is 0 Å². The molecule has 2 bridgehead atoms. The minimum absolute atomic E-state index is 0.639. The SMILES string of the molecule is CCC1=CC[C@H]2CC1C2(C)C. The number of hydrogen-bond donors (Lipinski definition) is 0. The Kier molecular flexibility index (Phi) is 1.42. The minimum Gasteiger partial charge on any atom is -0.0847 e. The molecule has 3 rings (SSSR count). The molecule has 0 aromatic rings. The van der Waals surface area contributed by atoms with Gasteiger partial charge >= 0.3 is 0 Å². The lowest BCUT2D eigenvalue weighted by atomic mass is 9.48. The van der Waals surface area contributed by atoms with E-state index in [1.165, 1.54) is 19.3 Å². The molecule has 1 unspecified atom stereocenters. The van der Waals surface area contributed by atoms with E-state index in [9.17, 15) is 0 Å². The molecule has 0 radical (unpaired) electrons. The Morgan fingerprint density at radius 2 is 2.27 bits per heavy atom. The standard InChI is InChI=1S/C11H18/c1-4-8-5-6-9-7-10(8)11(9,2)3/h5,9-10H,4,6-7H2,1-3H3/t9-,10?/m0/s1. The van der Waals surface area contributed by atoms with Gasteiger partial charge in [-0.15, -0.1) is 0 Å². The first-order valence-electron chi connectivity index (χ1n) is 4.85. The summed E-state index contributed by atoms with van der Waals surface area (Å²) in [6.07, 6.45) is 6.60. The summed E-state index contributed by atoms with van der Waals surface area (Å²) in [6, 6.07) is 0. The van der Waals surface area contributed by atoms with E-state index in [1.54, 1.807) is 5.57 Å². The van der Waals surface area contributed by atoms with Crippen molar-refractivity contribution in [2.75, 3.05) is 0 Å². The molecule has 0 amide bonds. The van der Waals surface area contributed by atoms with Gasteiger partial charge in [0.1, 0.15) is 0 Å². The van der Waals surface area contributed by atoms with Crippen LogP contribution in [0.1, 0.15) is 40.0 Å². The maximum Gasteiger partial charge on any atom is -0.0146 e. The van der Waals surface area contributed by atoms with Crippen LogP contribution in [0.3, 0.4) is 0 Å². The molecule has 0 aromatic carbocycles. The van der Waals surface area contributed by atoms with Crippen molar-refractivity contribution in [1.29, 1.82) is 0 Å². The van der Waals surface area contributed by atoms with Gasteiger partial charge in [-0.3, -0.25) is 0 Å². The summed E-state index contributed by atoms with van der Waals surface area (Å²) in [7, 11) is 0. The smallest absolute Gasteiger partial charge is 0.0146 e. The highest BCUT2D eigenvalue weighted by atomic mass is 14.5. The summed E-state index contributed by atoms with van der Waals surface area (Å²) >= 11 is 0. The maximum absolute atomic E-state index is 2.49. The number of rotatable bonds is 1. The summed E-state index contributed by atoms with van der Waals surface area (Å²) in [5.41, 5.74) is 2.37. The van der Waals surface area contributed by atoms with Crippen LogP contribution in [0.15, 0.2) is 11.6 Å². The van der Waals surface area contributed by atoms with Gasteiger partial charge in [0.15, 0.2) is 0 Å². The predicted octanol–water partition coefficient (Wildman–Crippen LogP) is 3.39. The molecule has 1 saturated carbocycles. The molecule has 0 heteroatoms. The molecule has 0 nitrogen and oxygen atoms in total. The summed E-state index contributed by atoms with van der Waals surface area (Å²) in [5.74, 6) is 1.94. The number of fused-ring (bicyclic) bond motifs is 1. The van der Waals surface area contributed by atoms with Gasteiger partial charge < -0.3 is 0 Å². The molecule has 62 valence electrons. The summed E-state index contributed by atoms with van der Waals surface area (Å²) in [5, 5.41) is 0. The van der Waals surface area contributed by atoms with Gasteiger partial charge in [-0.2, -0.15) is 0 Å². The van der Waals surface area contributed by atoms with Gasteiger partial charge in [0.25, 0.3) is 0 Å². The van der Waals surface area contributed by atoms with Crippen molar-refractivity contribution in [3.8, 4) is 0 Å². The largest absolute Gasteiger partial charge is 0.0847 e. The molecule has 0 aliphatic heterocycles. The van der Waals surface area contributed by atoms with Gasteiger partial charge in [-0.05, 0) is 36.5 Å². The topological polar surface area (TPSA) is 0 Å². The normalized spacial score (nSPS) is 39.4. The first kappa shape index (κ1) is 7.39. The molecule has 3 aliphatic carbocycles. The third-order valence-electron chi connectivity index (χ3n) is 3.99. The van der Waals surface area contributed by atoms with Crippen molar-refractivity contribution < 1.29 is 0 Å². The van der Waals surface area contributed by atoms with E-state index in [1.807, 2.05) is 0 Å². The van der Waals surface area contributed by atoms with Crippen molar-refractivity contribution in [2.45, 2.75) is 40.0 Å². The fourth-order valence-corrected chi connectivity index (χ4v) is 2.87. The first-order chi connectivity index (χ1) is 5.16. The zero-order valence-corrected chi connectivity index (χ0v) is 7.85. The summed E-state index contributed by atoms with van der Waals surface area (Å²) in [4.78, 5) is 0. The highest BCUT2D eigenvalue weighted by molar-refractivity contribution is 5.22. The molecule has 0 heterocycles. The van der Waals surface area contributed by atoms with Gasteiger partial charge in [-0.1, -0.05) is 32.4 Å². The number of hydrogen-bond acceptors (Lipinski definition) is 0. The minimum atomic E-state index is 0.639. The van der Waals surface area contributed by atoms with E-state index in [2.05, 4.69) is 26.8 Å². The van der Waals surface area contributed by atoms with Gasteiger partial charge in [0.05, 0.1) is 0 Å². The van der Waals surface area contributed by atoms with Gasteiger partial charge in [-0.25, -0.2) is 0 Å². The summed E-state index contributed by atoms with van der Waals surface area (Å²) < 4.78 is 0. The van der Waals surface area contributed by atoms with Crippen molar-refractivity contribution in [1.82, 2.24) is 0 Å². The second-order valence-corrected chi connectivity index (χ2v) is 4.67. The van der Waals surface area contributed by atoms with E-state index in [4.69, 9.17) is 0 Å². The monoisotopic (exact) mass is 150 g/mol. The predicted molar refractivity (Wildman–Crippen MR) is 48.4 cm³/mol. The first-order valence-corrected chi connectivity index (χ1v) is 4.85. The van der Waals surface area contributed by atoms with E-state index in [0.29, 0.717) is 5.41 Å². The summed E-state index contributed by atoms with van der Waals surface area (Å²) in [6.45, 7) is 7.17. The molecular weight excluding hydrogens is 132 g/mol. The Morgan fingerprint density at radius 3 is 2.64 bits per heavy atom. The van der Waals surface area contributed by atoms with E-state index < -0.39 is 0 Å². The fraction of sp³-hybridized carbons (Fsp3) is 0.818. The Bertz CT molecular complexity index is 198. The molecular formula is C11H18. The van der Waals surface area contributed by atoms with Crippen LogP contribution in [-0.2, 0) is 0 Å². The molecule has 0 N–H and O–H groups in total. The molecule has 0 saturated heterocycles. The third-order valence-corrected chi connectivity index (χ3v) is 3.99. The van der Waals surface area contributed by atoms with Crippen LogP contribution in [0.2, 0.25) is 0 Å². The second kappa shape index (κ2) is 2.12. The van der Waals surface area contributed by atoms with Crippen LogP contribution in [-0.4, -0.2) is 0 Å². The number of allylic oxidation sites excluding steroid dienone is 2. The van der Waals surface area contributed by atoms with E-state index in [-0.39, 0.29) is 0 Å². The quantitative estimate of drug-likeness (QED) is 0.503. The van der Waals surface area contributed by atoms with Crippen LogP contribution >= 0.6 is 0 Å². The van der Waals surface area contributed by atoms with Crippen molar-refractivity contribution >= 4 is 0 Å². The lowest BCUT2D eigenvalue weighted by Gasteiger charge is -2.56. The Hall–Kier alpha value is -0.260. The van der Waals surface area contributed by atoms with Crippen molar-refractivity contribution in [3.63, 3.8) is 0 Å². The Morgan fingerprint density at radius 1 is 1.55 bits per heavy atom. The highest BCUT2D eigenvalue weighted by Crippen LogP contribution is 2.59. The molecule has 3 aliphatic rings. The molecule has 11 heavy (non-hydrogen) atoms. The Labute approximate surface area is 69.7 Å². The Balaban J connectivity index is 2.23. The average molecular weight is 150 g/mol. The van der Waals surface area contributed by atoms with Gasteiger partial charge in [0, 0.05) is 0 Å².